The molecule has 1 aliphatic heterocycles. The van der Waals surface area contributed by atoms with E-state index in [9.17, 15) is 9.90 Å². The van der Waals surface area contributed by atoms with Crippen LogP contribution in [0.4, 0.5) is 0 Å². The highest BCUT2D eigenvalue weighted by atomic mass is 32.1. The molecule has 0 amide bonds. The van der Waals surface area contributed by atoms with Crippen molar-refractivity contribution in [2.75, 3.05) is 13.1 Å². The summed E-state index contributed by atoms with van der Waals surface area (Å²) in [6.45, 7) is 2.96. The summed E-state index contributed by atoms with van der Waals surface area (Å²) in [5.74, 6) is 0.214. The SMILES string of the molecule is O=C(c1cccs1)c1coc2ccc(O)c(C[NH+]3CCCCC3)c12. The summed E-state index contributed by atoms with van der Waals surface area (Å²) in [6, 6.07) is 7.11. The van der Waals surface area contributed by atoms with Gasteiger partial charge in [-0.2, -0.15) is 0 Å². The van der Waals surface area contributed by atoms with Crippen LogP contribution in [0.15, 0.2) is 40.3 Å². The molecule has 0 unspecified atom stereocenters. The van der Waals surface area contributed by atoms with E-state index in [1.807, 2.05) is 17.5 Å². The normalized spacial score (nSPS) is 15.8. The van der Waals surface area contributed by atoms with E-state index in [0.717, 1.165) is 30.6 Å². The van der Waals surface area contributed by atoms with Gasteiger partial charge in [-0.15, -0.1) is 11.3 Å². The minimum atomic E-state index is -0.0377. The lowest BCUT2D eigenvalue weighted by atomic mass is 10.0. The first kappa shape index (κ1) is 15.4. The molecule has 5 heteroatoms. The van der Waals surface area contributed by atoms with Crippen LogP contribution in [0.1, 0.15) is 40.1 Å². The van der Waals surface area contributed by atoms with Gasteiger partial charge in [-0.3, -0.25) is 4.79 Å². The number of aromatic hydroxyl groups is 1. The van der Waals surface area contributed by atoms with Crippen molar-refractivity contribution in [3.05, 3.63) is 51.9 Å². The topological polar surface area (TPSA) is 54.9 Å². The van der Waals surface area contributed by atoms with Crippen molar-refractivity contribution in [1.82, 2.24) is 0 Å². The lowest BCUT2D eigenvalue weighted by Crippen LogP contribution is -3.11. The Labute approximate surface area is 144 Å². The lowest BCUT2D eigenvalue weighted by molar-refractivity contribution is -0.918. The van der Waals surface area contributed by atoms with Crippen LogP contribution in [0.25, 0.3) is 11.0 Å². The Morgan fingerprint density at radius 2 is 2.04 bits per heavy atom. The van der Waals surface area contributed by atoms with Gasteiger partial charge in [-0.05, 0) is 42.8 Å². The van der Waals surface area contributed by atoms with E-state index in [-0.39, 0.29) is 11.5 Å². The van der Waals surface area contributed by atoms with Gasteiger partial charge in [0.1, 0.15) is 24.1 Å². The smallest absolute Gasteiger partial charge is 0.206 e. The Kier molecular flexibility index (Phi) is 4.12. The van der Waals surface area contributed by atoms with Gasteiger partial charge in [0.05, 0.1) is 29.1 Å². The molecule has 0 bridgehead atoms. The van der Waals surface area contributed by atoms with Crippen LogP contribution in [0, 0.1) is 0 Å². The van der Waals surface area contributed by atoms with Crippen LogP contribution in [0.3, 0.4) is 0 Å². The molecule has 3 aromatic rings. The third-order valence-electron chi connectivity index (χ3n) is 4.80. The molecule has 2 N–H and O–H groups in total. The Hall–Kier alpha value is -2.11. The number of furan rings is 1. The molecule has 24 heavy (non-hydrogen) atoms. The predicted molar refractivity (Wildman–Crippen MR) is 93.9 cm³/mol. The van der Waals surface area contributed by atoms with Gasteiger partial charge in [0, 0.05) is 5.39 Å². The monoisotopic (exact) mass is 342 g/mol. The van der Waals surface area contributed by atoms with Crippen molar-refractivity contribution in [2.45, 2.75) is 25.8 Å². The molecule has 4 rings (SSSR count). The summed E-state index contributed by atoms with van der Waals surface area (Å²) >= 11 is 1.42. The van der Waals surface area contributed by atoms with Crippen molar-refractivity contribution in [3.8, 4) is 5.75 Å². The van der Waals surface area contributed by atoms with Crippen LogP contribution in [0.5, 0.6) is 5.75 Å². The number of carbonyl (C=O) groups is 1. The van der Waals surface area contributed by atoms with Gasteiger partial charge < -0.3 is 14.4 Å². The number of hydrogen-bond acceptors (Lipinski definition) is 4. The average molecular weight is 342 g/mol. The number of thiophene rings is 1. The van der Waals surface area contributed by atoms with E-state index in [1.165, 1.54) is 41.8 Å². The second kappa shape index (κ2) is 6.42. The number of hydrogen-bond donors (Lipinski definition) is 2. The molecule has 4 nitrogen and oxygen atoms in total. The maximum absolute atomic E-state index is 12.8. The molecule has 1 aliphatic rings. The largest absolute Gasteiger partial charge is 0.507 e. The Bertz CT molecular complexity index is 860. The van der Waals surface area contributed by atoms with E-state index in [0.29, 0.717) is 16.0 Å². The summed E-state index contributed by atoms with van der Waals surface area (Å²) in [5.41, 5.74) is 2.05. The summed E-state index contributed by atoms with van der Waals surface area (Å²) in [6.07, 6.45) is 5.26. The zero-order valence-electron chi connectivity index (χ0n) is 13.4. The molecule has 0 spiro atoms. The number of likely N-dealkylation sites (tertiary alicyclic amines) is 1. The van der Waals surface area contributed by atoms with E-state index >= 15 is 0 Å². The molecule has 0 atom stereocenters. The van der Waals surface area contributed by atoms with Crippen LogP contribution in [-0.2, 0) is 6.54 Å². The Morgan fingerprint density at radius 3 is 2.79 bits per heavy atom. The van der Waals surface area contributed by atoms with E-state index in [4.69, 9.17) is 4.42 Å². The number of phenolic OH excluding ortho intramolecular Hbond substituents is 1. The first-order valence-electron chi connectivity index (χ1n) is 8.38. The molecule has 0 radical (unpaired) electrons. The zero-order chi connectivity index (χ0) is 16.5. The molecule has 124 valence electrons. The molecular weight excluding hydrogens is 322 g/mol. The van der Waals surface area contributed by atoms with Gasteiger partial charge in [-0.1, -0.05) is 6.07 Å². The maximum atomic E-state index is 12.8. The van der Waals surface area contributed by atoms with E-state index in [1.54, 1.807) is 12.1 Å². The number of carbonyl (C=O) groups excluding carboxylic acids is 1. The fourth-order valence-corrected chi connectivity index (χ4v) is 4.23. The number of phenols is 1. The number of nitrogens with one attached hydrogen (secondary N) is 1. The number of rotatable bonds is 4. The van der Waals surface area contributed by atoms with Gasteiger partial charge >= 0.3 is 0 Å². The Morgan fingerprint density at radius 1 is 1.21 bits per heavy atom. The molecule has 1 aromatic carbocycles. The van der Waals surface area contributed by atoms with Gasteiger partial charge in [0.15, 0.2) is 0 Å². The molecule has 0 aliphatic carbocycles. The van der Waals surface area contributed by atoms with Crippen molar-refractivity contribution in [3.63, 3.8) is 0 Å². The van der Waals surface area contributed by atoms with Gasteiger partial charge in [-0.25, -0.2) is 0 Å². The number of quaternary nitrogens is 1. The van der Waals surface area contributed by atoms with Crippen molar-refractivity contribution in [1.29, 1.82) is 0 Å². The van der Waals surface area contributed by atoms with Crippen LogP contribution in [0.2, 0.25) is 0 Å². The highest BCUT2D eigenvalue weighted by Gasteiger charge is 2.24. The Balaban J connectivity index is 1.78. The first-order valence-corrected chi connectivity index (χ1v) is 9.26. The first-order chi connectivity index (χ1) is 11.7. The maximum Gasteiger partial charge on any atom is 0.206 e. The molecular formula is C19H20NO3S+. The second-order valence-electron chi connectivity index (χ2n) is 6.38. The average Bonchev–Trinajstić information content (AvgIpc) is 3.27. The fraction of sp³-hybridized carbons (Fsp3) is 0.316. The summed E-state index contributed by atoms with van der Waals surface area (Å²) in [4.78, 5) is 15.0. The fourth-order valence-electron chi connectivity index (χ4n) is 3.56. The van der Waals surface area contributed by atoms with E-state index in [2.05, 4.69) is 0 Å². The third-order valence-corrected chi connectivity index (χ3v) is 5.67. The minimum Gasteiger partial charge on any atom is -0.507 e. The zero-order valence-corrected chi connectivity index (χ0v) is 14.2. The third kappa shape index (κ3) is 2.74. The highest BCUT2D eigenvalue weighted by Crippen LogP contribution is 2.32. The highest BCUT2D eigenvalue weighted by molar-refractivity contribution is 7.12. The molecule has 3 heterocycles. The minimum absolute atomic E-state index is 0.0377. The quantitative estimate of drug-likeness (QED) is 0.717. The lowest BCUT2D eigenvalue weighted by Gasteiger charge is -2.24. The molecule has 2 aromatic heterocycles. The number of benzene rings is 1. The van der Waals surface area contributed by atoms with Crippen LogP contribution >= 0.6 is 11.3 Å². The number of piperidine rings is 1. The standard InChI is InChI=1S/C19H19NO3S/c21-15-6-7-16-18(13(15)11-20-8-2-1-3-9-20)14(12-23-16)19(22)17-5-4-10-24-17/h4-7,10,12,21H,1-3,8-9,11H2/p+1. The molecule has 1 saturated heterocycles. The van der Waals surface area contributed by atoms with Crippen LogP contribution in [-0.4, -0.2) is 24.0 Å². The summed E-state index contributed by atoms with van der Waals surface area (Å²) in [5, 5.41) is 13.1. The number of fused-ring (bicyclic) bond motifs is 1. The summed E-state index contributed by atoms with van der Waals surface area (Å²) < 4.78 is 5.62. The summed E-state index contributed by atoms with van der Waals surface area (Å²) in [7, 11) is 0. The van der Waals surface area contributed by atoms with Crippen molar-refractivity contribution < 1.29 is 19.2 Å². The van der Waals surface area contributed by atoms with Gasteiger partial charge in [0.25, 0.3) is 0 Å². The molecule has 0 saturated carbocycles. The number of ketones is 1. The van der Waals surface area contributed by atoms with Crippen molar-refractivity contribution >= 4 is 28.1 Å². The van der Waals surface area contributed by atoms with Crippen LogP contribution < -0.4 is 4.90 Å². The van der Waals surface area contributed by atoms with Gasteiger partial charge in [0.2, 0.25) is 5.78 Å². The molecule has 1 fully saturated rings. The van der Waals surface area contributed by atoms with Crippen molar-refractivity contribution in [2.24, 2.45) is 0 Å². The predicted octanol–water partition coefficient (Wildman–Crippen LogP) is 3.00. The van der Waals surface area contributed by atoms with E-state index < -0.39 is 0 Å². The second-order valence-corrected chi connectivity index (χ2v) is 7.33.